The van der Waals surface area contributed by atoms with Crippen LogP contribution in [0.2, 0.25) is 0 Å². The smallest absolute Gasteiger partial charge is 0.306 e. The number of hydrogen-bond acceptors (Lipinski definition) is 3. The third kappa shape index (κ3) is 3.10. The van der Waals surface area contributed by atoms with Crippen LogP contribution < -0.4 is 5.32 Å². The van der Waals surface area contributed by atoms with Crippen LogP contribution in [0.25, 0.3) is 0 Å². The van der Waals surface area contributed by atoms with Gasteiger partial charge >= 0.3 is 5.97 Å². The highest BCUT2D eigenvalue weighted by molar-refractivity contribution is 9.10. The van der Waals surface area contributed by atoms with Crippen LogP contribution in [0.15, 0.2) is 16.6 Å². The molecule has 1 fully saturated rings. The van der Waals surface area contributed by atoms with Crippen molar-refractivity contribution in [2.24, 2.45) is 5.92 Å². The lowest BCUT2D eigenvalue weighted by Gasteiger charge is -2.28. The standard InChI is InChI=1S/C14H14BrFN2O2/c15-12-9(7-17)4-5-11(13(12)16)18-10-3-1-2-8(6-10)14(19)20/h4-5,8,10,18H,1-3,6H2,(H,19,20). The van der Waals surface area contributed by atoms with Crippen molar-refractivity contribution in [3.8, 4) is 6.07 Å². The van der Waals surface area contributed by atoms with Crippen LogP contribution in [-0.4, -0.2) is 17.1 Å². The number of anilines is 1. The summed E-state index contributed by atoms with van der Waals surface area (Å²) in [6.07, 6.45) is 2.80. The van der Waals surface area contributed by atoms with Gasteiger partial charge < -0.3 is 10.4 Å². The first-order chi connectivity index (χ1) is 9.52. The first-order valence-electron chi connectivity index (χ1n) is 6.40. The van der Waals surface area contributed by atoms with Crippen molar-refractivity contribution in [3.05, 3.63) is 28.0 Å². The van der Waals surface area contributed by atoms with Crippen molar-refractivity contribution in [1.29, 1.82) is 5.26 Å². The molecule has 2 N–H and O–H groups in total. The Morgan fingerprint density at radius 3 is 2.90 bits per heavy atom. The molecule has 0 amide bonds. The highest BCUT2D eigenvalue weighted by atomic mass is 79.9. The predicted molar refractivity (Wildman–Crippen MR) is 75.8 cm³/mol. The van der Waals surface area contributed by atoms with Gasteiger partial charge in [-0.15, -0.1) is 0 Å². The van der Waals surface area contributed by atoms with Crippen LogP contribution in [0, 0.1) is 23.1 Å². The fourth-order valence-electron chi connectivity index (χ4n) is 2.51. The Bertz CT molecular complexity index is 571. The molecule has 2 unspecified atom stereocenters. The minimum Gasteiger partial charge on any atom is -0.481 e. The summed E-state index contributed by atoms with van der Waals surface area (Å²) in [5.74, 6) is -1.68. The molecule has 4 nitrogen and oxygen atoms in total. The molecule has 0 spiro atoms. The number of carbonyl (C=O) groups is 1. The van der Waals surface area contributed by atoms with E-state index in [0.29, 0.717) is 18.5 Å². The molecule has 1 aromatic carbocycles. The summed E-state index contributed by atoms with van der Waals surface area (Å²) in [7, 11) is 0. The second-order valence-electron chi connectivity index (χ2n) is 4.94. The van der Waals surface area contributed by atoms with Gasteiger partial charge in [-0.2, -0.15) is 5.26 Å². The number of benzene rings is 1. The second-order valence-corrected chi connectivity index (χ2v) is 5.74. The van der Waals surface area contributed by atoms with Crippen molar-refractivity contribution in [2.75, 3.05) is 5.32 Å². The lowest BCUT2D eigenvalue weighted by Crippen LogP contribution is -2.31. The molecule has 0 aromatic heterocycles. The Morgan fingerprint density at radius 2 is 2.25 bits per heavy atom. The van der Waals surface area contributed by atoms with Crippen molar-refractivity contribution in [3.63, 3.8) is 0 Å². The quantitative estimate of drug-likeness (QED) is 0.882. The first kappa shape index (κ1) is 14.8. The molecule has 0 bridgehead atoms. The maximum absolute atomic E-state index is 14.1. The topological polar surface area (TPSA) is 73.1 Å². The highest BCUT2D eigenvalue weighted by Gasteiger charge is 2.27. The van der Waals surface area contributed by atoms with Gasteiger partial charge in [0.05, 0.1) is 21.6 Å². The van der Waals surface area contributed by atoms with E-state index in [9.17, 15) is 9.18 Å². The zero-order valence-corrected chi connectivity index (χ0v) is 12.3. The molecule has 0 radical (unpaired) electrons. The molecule has 0 saturated heterocycles. The van der Waals surface area contributed by atoms with E-state index in [2.05, 4.69) is 21.2 Å². The highest BCUT2D eigenvalue weighted by Crippen LogP contribution is 2.31. The molecule has 1 aliphatic rings. The number of aliphatic carboxylic acids is 1. The molecular weight excluding hydrogens is 327 g/mol. The summed E-state index contributed by atoms with van der Waals surface area (Å²) < 4.78 is 14.2. The predicted octanol–water partition coefficient (Wildman–Crippen LogP) is 3.52. The number of nitrogens with one attached hydrogen (secondary N) is 1. The van der Waals surface area contributed by atoms with Gasteiger partial charge in [-0.05, 0) is 47.3 Å². The van der Waals surface area contributed by atoms with Crippen LogP contribution in [0.4, 0.5) is 10.1 Å². The summed E-state index contributed by atoms with van der Waals surface area (Å²) in [6.45, 7) is 0. The molecule has 2 rings (SSSR count). The van der Waals surface area contributed by atoms with Gasteiger partial charge in [0.1, 0.15) is 6.07 Å². The van der Waals surface area contributed by atoms with E-state index < -0.39 is 11.8 Å². The summed E-state index contributed by atoms with van der Waals surface area (Å²) in [5, 5.41) is 20.9. The van der Waals surface area contributed by atoms with Gasteiger partial charge in [0, 0.05) is 6.04 Å². The Hall–Kier alpha value is -1.61. The van der Waals surface area contributed by atoms with Crippen LogP contribution in [-0.2, 0) is 4.79 Å². The lowest BCUT2D eigenvalue weighted by molar-refractivity contribution is -0.142. The van der Waals surface area contributed by atoms with E-state index in [4.69, 9.17) is 10.4 Å². The molecule has 20 heavy (non-hydrogen) atoms. The van der Waals surface area contributed by atoms with E-state index in [1.54, 1.807) is 0 Å². The first-order valence-corrected chi connectivity index (χ1v) is 7.19. The number of rotatable bonds is 3. The number of halogens is 2. The van der Waals surface area contributed by atoms with Gasteiger partial charge in [-0.1, -0.05) is 6.42 Å². The van der Waals surface area contributed by atoms with E-state index in [1.165, 1.54) is 12.1 Å². The number of nitriles is 1. The number of carboxylic acids is 1. The maximum atomic E-state index is 14.1. The minimum atomic E-state index is -0.794. The van der Waals surface area contributed by atoms with Crippen molar-refractivity contribution in [2.45, 2.75) is 31.7 Å². The van der Waals surface area contributed by atoms with Gasteiger partial charge in [-0.25, -0.2) is 4.39 Å². The number of nitrogens with zero attached hydrogens (tertiary/aromatic N) is 1. The van der Waals surface area contributed by atoms with Crippen molar-refractivity contribution < 1.29 is 14.3 Å². The molecule has 1 saturated carbocycles. The van der Waals surface area contributed by atoms with E-state index in [0.717, 1.165) is 12.8 Å². The Kier molecular flexibility index (Phi) is 4.61. The van der Waals surface area contributed by atoms with Gasteiger partial charge in [-0.3, -0.25) is 4.79 Å². The van der Waals surface area contributed by atoms with Gasteiger partial charge in [0.15, 0.2) is 5.82 Å². The summed E-state index contributed by atoms with van der Waals surface area (Å²) in [5.41, 5.74) is 0.534. The third-order valence-electron chi connectivity index (χ3n) is 3.59. The Labute approximate surface area is 124 Å². The van der Waals surface area contributed by atoms with Crippen molar-refractivity contribution in [1.82, 2.24) is 0 Å². The van der Waals surface area contributed by atoms with E-state index in [-0.39, 0.29) is 22.0 Å². The van der Waals surface area contributed by atoms with Crippen LogP contribution in [0.5, 0.6) is 0 Å². The van der Waals surface area contributed by atoms with Gasteiger partial charge in [0.2, 0.25) is 0 Å². The average Bonchev–Trinajstić information content (AvgIpc) is 2.44. The third-order valence-corrected chi connectivity index (χ3v) is 4.36. The Balaban J connectivity index is 2.13. The molecule has 0 aliphatic heterocycles. The summed E-state index contributed by atoms with van der Waals surface area (Å²) in [4.78, 5) is 11.0. The molecule has 106 valence electrons. The number of carboxylic acid groups (broad SMARTS) is 1. The fraction of sp³-hybridized carbons (Fsp3) is 0.429. The minimum absolute atomic E-state index is 0.0563. The summed E-state index contributed by atoms with van der Waals surface area (Å²) >= 11 is 3.06. The van der Waals surface area contributed by atoms with Crippen LogP contribution in [0.3, 0.4) is 0 Å². The zero-order chi connectivity index (χ0) is 14.7. The molecule has 1 aromatic rings. The molecule has 2 atom stereocenters. The second kappa shape index (κ2) is 6.23. The largest absolute Gasteiger partial charge is 0.481 e. The summed E-state index contributed by atoms with van der Waals surface area (Å²) in [6, 6.07) is 4.89. The molecule has 1 aliphatic carbocycles. The molecular formula is C14H14BrFN2O2. The van der Waals surface area contributed by atoms with Gasteiger partial charge in [0.25, 0.3) is 0 Å². The van der Waals surface area contributed by atoms with Crippen LogP contribution in [0.1, 0.15) is 31.2 Å². The lowest BCUT2D eigenvalue weighted by atomic mass is 9.85. The zero-order valence-electron chi connectivity index (χ0n) is 10.7. The molecule has 6 heteroatoms. The SMILES string of the molecule is N#Cc1ccc(NC2CCCC(C(=O)O)C2)c(F)c1Br. The van der Waals surface area contributed by atoms with E-state index in [1.807, 2.05) is 6.07 Å². The van der Waals surface area contributed by atoms with Crippen LogP contribution >= 0.6 is 15.9 Å². The number of hydrogen-bond donors (Lipinski definition) is 2. The normalized spacial score (nSPS) is 22.1. The monoisotopic (exact) mass is 340 g/mol. The van der Waals surface area contributed by atoms with Crippen molar-refractivity contribution >= 4 is 27.6 Å². The Morgan fingerprint density at radius 1 is 1.50 bits per heavy atom. The van der Waals surface area contributed by atoms with E-state index >= 15 is 0 Å². The fourth-order valence-corrected chi connectivity index (χ4v) is 2.95. The maximum Gasteiger partial charge on any atom is 0.306 e. The average molecular weight is 341 g/mol. The molecule has 0 heterocycles.